The Kier molecular flexibility index (Phi) is 5.68. The van der Waals surface area contributed by atoms with E-state index in [-0.39, 0.29) is 10.6 Å². The molecular weight excluding hydrogens is 471 g/mol. The summed E-state index contributed by atoms with van der Waals surface area (Å²) in [5, 5.41) is 0. The number of halogens is 4. The second-order valence-electron chi connectivity index (χ2n) is 4.27. The van der Waals surface area contributed by atoms with E-state index in [2.05, 4.69) is 47.8 Å². The van der Waals surface area contributed by atoms with E-state index in [1.165, 1.54) is 12.1 Å². The van der Waals surface area contributed by atoms with Crippen molar-refractivity contribution in [1.29, 1.82) is 0 Å². The second-order valence-corrected chi connectivity index (χ2v) is 6.89. The molecule has 0 aliphatic heterocycles. The zero-order valence-corrected chi connectivity index (χ0v) is 16.1. The molecule has 2 rings (SSSR count). The van der Waals surface area contributed by atoms with Gasteiger partial charge in [0.05, 0.1) is 19.0 Å². The molecule has 2 nitrogen and oxygen atoms in total. The van der Waals surface area contributed by atoms with Crippen molar-refractivity contribution < 1.29 is 13.9 Å². The van der Waals surface area contributed by atoms with Gasteiger partial charge in [-0.25, -0.2) is 4.39 Å². The number of alkyl halides is 1. The summed E-state index contributed by atoms with van der Waals surface area (Å²) < 4.78 is 25.7. The predicted molar refractivity (Wildman–Crippen MR) is 92.1 cm³/mol. The predicted octanol–water partition coefficient (Wildman–Crippen LogP) is 5.85. The average Bonchev–Trinajstić information content (AvgIpc) is 2.45. The van der Waals surface area contributed by atoms with E-state index in [0.29, 0.717) is 16.0 Å². The van der Waals surface area contributed by atoms with Crippen molar-refractivity contribution >= 4 is 47.8 Å². The van der Waals surface area contributed by atoms with E-state index in [0.717, 1.165) is 15.6 Å². The molecular formula is C15H12Br3FO2. The van der Waals surface area contributed by atoms with Gasteiger partial charge in [0.2, 0.25) is 0 Å². The van der Waals surface area contributed by atoms with Crippen molar-refractivity contribution in [3.63, 3.8) is 0 Å². The lowest BCUT2D eigenvalue weighted by Crippen LogP contribution is -2.00. The highest BCUT2D eigenvalue weighted by atomic mass is 79.9. The molecule has 0 N–H and O–H groups in total. The topological polar surface area (TPSA) is 18.5 Å². The summed E-state index contributed by atoms with van der Waals surface area (Å²) in [6, 6.07) is 8.50. The van der Waals surface area contributed by atoms with Crippen molar-refractivity contribution in [2.75, 3.05) is 14.2 Å². The molecule has 0 fully saturated rings. The first-order valence-electron chi connectivity index (χ1n) is 5.98. The summed E-state index contributed by atoms with van der Waals surface area (Å²) in [6.45, 7) is 0. The highest BCUT2D eigenvalue weighted by molar-refractivity contribution is 9.11. The molecule has 0 radical (unpaired) electrons. The van der Waals surface area contributed by atoms with Gasteiger partial charge in [-0.15, -0.1) is 0 Å². The van der Waals surface area contributed by atoms with Crippen LogP contribution in [0.3, 0.4) is 0 Å². The van der Waals surface area contributed by atoms with E-state index < -0.39 is 0 Å². The van der Waals surface area contributed by atoms with Crippen LogP contribution in [0, 0.1) is 5.82 Å². The Hall–Kier alpha value is -0.590. The standard InChI is InChI=1S/C15H12Br3FO2/c1-20-12-4-3-11(15(21-2)14(12)18)13(17)8-5-9(16)7-10(19)6-8/h3-7,13H,1-2H3. The van der Waals surface area contributed by atoms with Crippen LogP contribution in [0.5, 0.6) is 11.5 Å². The van der Waals surface area contributed by atoms with E-state index in [1.54, 1.807) is 14.2 Å². The normalized spacial score (nSPS) is 12.1. The number of rotatable bonds is 4. The van der Waals surface area contributed by atoms with E-state index >= 15 is 0 Å². The third kappa shape index (κ3) is 3.60. The minimum atomic E-state index is -0.296. The van der Waals surface area contributed by atoms with Gasteiger partial charge in [-0.05, 0) is 45.8 Å². The van der Waals surface area contributed by atoms with Crippen molar-refractivity contribution in [3.8, 4) is 11.5 Å². The van der Waals surface area contributed by atoms with Crippen molar-refractivity contribution in [3.05, 3.63) is 56.2 Å². The first kappa shape index (κ1) is 16.8. The Balaban J connectivity index is 2.52. The average molecular weight is 483 g/mol. The van der Waals surface area contributed by atoms with E-state index in [1.807, 2.05) is 18.2 Å². The fourth-order valence-corrected chi connectivity index (χ4v) is 3.81. The largest absolute Gasteiger partial charge is 0.495 e. The summed E-state index contributed by atoms with van der Waals surface area (Å²) in [7, 11) is 3.18. The molecule has 6 heteroatoms. The molecule has 0 saturated heterocycles. The molecule has 1 atom stereocenters. The molecule has 2 aromatic rings. The smallest absolute Gasteiger partial charge is 0.141 e. The van der Waals surface area contributed by atoms with Gasteiger partial charge < -0.3 is 9.47 Å². The van der Waals surface area contributed by atoms with Gasteiger partial charge in [-0.1, -0.05) is 37.9 Å². The monoisotopic (exact) mass is 480 g/mol. The van der Waals surface area contributed by atoms with E-state index in [4.69, 9.17) is 9.47 Å². The van der Waals surface area contributed by atoms with Crippen LogP contribution in [0.1, 0.15) is 16.0 Å². The van der Waals surface area contributed by atoms with Gasteiger partial charge >= 0.3 is 0 Å². The first-order valence-corrected chi connectivity index (χ1v) is 8.48. The van der Waals surface area contributed by atoms with Crippen LogP contribution in [0.25, 0.3) is 0 Å². The first-order chi connectivity index (χ1) is 9.97. The van der Waals surface area contributed by atoms with Crippen molar-refractivity contribution in [2.45, 2.75) is 4.83 Å². The molecule has 0 aliphatic rings. The fraction of sp³-hybridized carbons (Fsp3) is 0.200. The molecule has 112 valence electrons. The molecule has 0 spiro atoms. The minimum absolute atomic E-state index is 0.207. The number of methoxy groups -OCH3 is 2. The molecule has 0 heterocycles. The van der Waals surface area contributed by atoms with Crippen LogP contribution in [0.4, 0.5) is 4.39 Å². The maximum absolute atomic E-state index is 13.6. The fourth-order valence-electron chi connectivity index (χ4n) is 2.02. The van der Waals surface area contributed by atoms with Gasteiger partial charge in [-0.3, -0.25) is 0 Å². The molecule has 0 aromatic heterocycles. The Bertz CT molecular complexity index is 641. The second kappa shape index (κ2) is 7.11. The number of ether oxygens (including phenoxy) is 2. The number of hydrogen-bond donors (Lipinski definition) is 0. The molecule has 0 aliphatic carbocycles. The van der Waals surface area contributed by atoms with Gasteiger partial charge in [-0.2, -0.15) is 0 Å². The van der Waals surface area contributed by atoms with Crippen LogP contribution in [0.2, 0.25) is 0 Å². The summed E-state index contributed by atoms with van der Waals surface area (Å²) in [5.41, 5.74) is 1.67. The lowest BCUT2D eigenvalue weighted by molar-refractivity contribution is 0.386. The molecule has 21 heavy (non-hydrogen) atoms. The van der Waals surface area contributed by atoms with Gasteiger partial charge in [0.1, 0.15) is 21.8 Å². The Morgan fingerprint density at radius 1 is 1.05 bits per heavy atom. The summed E-state index contributed by atoms with van der Waals surface area (Å²) in [6.07, 6.45) is 0. The summed E-state index contributed by atoms with van der Waals surface area (Å²) in [4.78, 5) is -0.207. The van der Waals surface area contributed by atoms with Crippen LogP contribution >= 0.6 is 47.8 Å². The molecule has 0 bridgehead atoms. The van der Waals surface area contributed by atoms with Crippen molar-refractivity contribution in [1.82, 2.24) is 0 Å². The summed E-state index contributed by atoms with van der Waals surface area (Å²) >= 11 is 10.4. The lowest BCUT2D eigenvalue weighted by Gasteiger charge is -2.18. The number of benzene rings is 2. The number of hydrogen-bond acceptors (Lipinski definition) is 2. The Morgan fingerprint density at radius 2 is 1.76 bits per heavy atom. The Labute approximate surface area is 148 Å². The van der Waals surface area contributed by atoms with Crippen molar-refractivity contribution in [2.24, 2.45) is 0 Å². The lowest BCUT2D eigenvalue weighted by atomic mass is 10.0. The molecule has 2 aromatic carbocycles. The highest BCUT2D eigenvalue weighted by Gasteiger charge is 2.20. The quantitative estimate of drug-likeness (QED) is 0.509. The maximum Gasteiger partial charge on any atom is 0.141 e. The summed E-state index contributed by atoms with van der Waals surface area (Å²) in [5.74, 6) is 1.03. The highest BCUT2D eigenvalue weighted by Crippen LogP contribution is 2.44. The van der Waals surface area contributed by atoms with Gasteiger partial charge in [0, 0.05) is 10.0 Å². The van der Waals surface area contributed by atoms with Crippen LogP contribution in [-0.4, -0.2) is 14.2 Å². The third-order valence-corrected chi connectivity index (χ3v) is 5.20. The van der Waals surface area contributed by atoms with Gasteiger partial charge in [0.15, 0.2) is 0 Å². The minimum Gasteiger partial charge on any atom is -0.495 e. The molecule has 0 amide bonds. The van der Waals surface area contributed by atoms with E-state index in [9.17, 15) is 4.39 Å². The van der Waals surface area contributed by atoms with Crippen LogP contribution in [-0.2, 0) is 0 Å². The zero-order chi connectivity index (χ0) is 15.6. The molecule has 1 unspecified atom stereocenters. The third-order valence-electron chi connectivity index (χ3n) is 2.97. The maximum atomic E-state index is 13.6. The SMILES string of the molecule is COc1ccc(C(Br)c2cc(F)cc(Br)c2)c(OC)c1Br. The Morgan fingerprint density at radius 3 is 2.33 bits per heavy atom. The van der Waals surface area contributed by atoms with Gasteiger partial charge in [0.25, 0.3) is 0 Å². The molecule has 0 saturated carbocycles. The van der Waals surface area contributed by atoms with Crippen LogP contribution in [0.15, 0.2) is 39.3 Å². The van der Waals surface area contributed by atoms with Crippen LogP contribution < -0.4 is 9.47 Å². The zero-order valence-electron chi connectivity index (χ0n) is 11.3.